The van der Waals surface area contributed by atoms with Crippen LogP contribution in [0.25, 0.3) is 0 Å². The first-order valence-electron chi connectivity index (χ1n) is 9.02. The third kappa shape index (κ3) is 6.04. The van der Waals surface area contributed by atoms with E-state index in [9.17, 15) is 4.79 Å². The van der Waals surface area contributed by atoms with Crippen LogP contribution in [0.1, 0.15) is 38.7 Å². The van der Waals surface area contributed by atoms with Gasteiger partial charge in [0.05, 0.1) is 12.6 Å². The summed E-state index contributed by atoms with van der Waals surface area (Å²) >= 11 is 0. The number of amides is 1. The number of benzene rings is 1. The van der Waals surface area contributed by atoms with Gasteiger partial charge in [-0.05, 0) is 43.2 Å². The molecular weight excluding hydrogens is 330 g/mol. The summed E-state index contributed by atoms with van der Waals surface area (Å²) in [5, 5.41) is 2.84. The van der Waals surface area contributed by atoms with Gasteiger partial charge < -0.3 is 20.5 Å². The fourth-order valence-corrected chi connectivity index (χ4v) is 2.34. The Morgan fingerprint density at radius 3 is 2.58 bits per heavy atom. The molecule has 0 saturated heterocycles. The molecule has 6 heteroatoms. The van der Waals surface area contributed by atoms with E-state index < -0.39 is 6.04 Å². The largest absolute Gasteiger partial charge is 0.494 e. The van der Waals surface area contributed by atoms with Gasteiger partial charge in [-0.3, -0.25) is 4.79 Å². The van der Waals surface area contributed by atoms with E-state index in [0.29, 0.717) is 31.2 Å². The number of pyridine rings is 1. The summed E-state index contributed by atoms with van der Waals surface area (Å²) < 4.78 is 11.4. The van der Waals surface area contributed by atoms with Gasteiger partial charge in [0.2, 0.25) is 11.8 Å². The summed E-state index contributed by atoms with van der Waals surface area (Å²) in [6.07, 6.45) is 4.15. The number of nitrogens with two attached hydrogens (primary N) is 1. The Morgan fingerprint density at radius 1 is 1.15 bits per heavy atom. The Hall–Kier alpha value is -2.60. The lowest BCUT2D eigenvalue weighted by molar-refractivity contribution is -0.122. The summed E-state index contributed by atoms with van der Waals surface area (Å²) in [4.78, 5) is 16.3. The quantitative estimate of drug-likeness (QED) is 0.680. The van der Waals surface area contributed by atoms with Crippen molar-refractivity contribution in [3.63, 3.8) is 0 Å². The highest BCUT2D eigenvalue weighted by molar-refractivity contribution is 5.81. The van der Waals surface area contributed by atoms with Crippen molar-refractivity contribution in [2.75, 3.05) is 6.61 Å². The molecule has 0 aliphatic carbocycles. The number of hydrogen-bond donors (Lipinski definition) is 2. The third-order valence-electron chi connectivity index (χ3n) is 3.75. The van der Waals surface area contributed by atoms with E-state index in [4.69, 9.17) is 15.2 Å². The molecule has 0 saturated carbocycles. The lowest BCUT2D eigenvalue weighted by atomic mass is 10.1. The third-order valence-corrected chi connectivity index (χ3v) is 3.75. The van der Waals surface area contributed by atoms with Crippen molar-refractivity contribution < 1.29 is 14.3 Å². The van der Waals surface area contributed by atoms with E-state index in [-0.39, 0.29) is 5.91 Å². The van der Waals surface area contributed by atoms with E-state index in [2.05, 4.69) is 17.2 Å². The highest BCUT2D eigenvalue weighted by Gasteiger charge is 2.13. The van der Waals surface area contributed by atoms with Crippen molar-refractivity contribution in [2.45, 2.75) is 45.7 Å². The van der Waals surface area contributed by atoms with Crippen LogP contribution in [-0.2, 0) is 11.3 Å². The van der Waals surface area contributed by atoms with Crippen LogP contribution in [0, 0.1) is 0 Å². The van der Waals surface area contributed by atoms with Crippen LogP contribution in [0.3, 0.4) is 0 Å². The molecule has 1 heterocycles. The maximum Gasteiger partial charge on any atom is 0.237 e. The van der Waals surface area contributed by atoms with Gasteiger partial charge in [0.25, 0.3) is 0 Å². The number of rotatable bonds is 10. The lowest BCUT2D eigenvalue weighted by Crippen LogP contribution is -2.40. The number of hydrogen-bond acceptors (Lipinski definition) is 5. The minimum absolute atomic E-state index is 0.168. The van der Waals surface area contributed by atoms with Crippen molar-refractivity contribution in [3.05, 3.63) is 48.2 Å². The maximum atomic E-state index is 12.0. The highest BCUT2D eigenvalue weighted by Crippen LogP contribution is 2.25. The van der Waals surface area contributed by atoms with E-state index in [1.807, 2.05) is 43.3 Å². The first-order chi connectivity index (χ1) is 12.6. The van der Waals surface area contributed by atoms with Crippen molar-refractivity contribution in [2.24, 2.45) is 5.73 Å². The second kappa shape index (κ2) is 10.4. The molecule has 1 amide bonds. The predicted molar refractivity (Wildman–Crippen MR) is 101 cm³/mol. The summed E-state index contributed by atoms with van der Waals surface area (Å²) in [5.74, 6) is 1.75. The van der Waals surface area contributed by atoms with Crippen LogP contribution < -0.4 is 20.5 Å². The molecule has 6 nitrogen and oxygen atoms in total. The molecule has 1 unspecified atom stereocenters. The lowest BCUT2D eigenvalue weighted by Gasteiger charge is -2.13. The molecule has 0 aliphatic heterocycles. The van der Waals surface area contributed by atoms with Crippen molar-refractivity contribution in [3.8, 4) is 17.4 Å². The number of carbonyl (C=O) groups excluding carboxylic acids is 1. The molecule has 2 rings (SSSR count). The predicted octanol–water partition coefficient (Wildman–Crippen LogP) is 3.41. The Balaban J connectivity index is 1.99. The van der Waals surface area contributed by atoms with Crippen LogP contribution in [0.2, 0.25) is 0 Å². The maximum absolute atomic E-state index is 12.0. The molecule has 0 aliphatic rings. The molecule has 0 bridgehead atoms. The van der Waals surface area contributed by atoms with E-state index in [1.165, 1.54) is 0 Å². The number of nitrogens with one attached hydrogen (secondary N) is 1. The first kappa shape index (κ1) is 19.7. The molecule has 1 aromatic carbocycles. The summed E-state index contributed by atoms with van der Waals surface area (Å²) in [6.45, 7) is 5.06. The van der Waals surface area contributed by atoms with Crippen molar-refractivity contribution in [1.82, 2.24) is 10.3 Å². The molecule has 26 heavy (non-hydrogen) atoms. The highest BCUT2D eigenvalue weighted by atomic mass is 16.5. The van der Waals surface area contributed by atoms with Crippen LogP contribution in [-0.4, -0.2) is 23.5 Å². The van der Waals surface area contributed by atoms with Crippen LogP contribution in [0.5, 0.6) is 17.4 Å². The normalized spacial score (nSPS) is 11.7. The molecular formula is C20H27N3O3. The zero-order chi connectivity index (χ0) is 18.8. The summed E-state index contributed by atoms with van der Waals surface area (Å²) in [5.41, 5.74) is 6.62. The minimum atomic E-state index is -0.489. The fourth-order valence-electron chi connectivity index (χ4n) is 2.34. The van der Waals surface area contributed by atoms with Crippen molar-refractivity contribution in [1.29, 1.82) is 0 Å². The zero-order valence-electron chi connectivity index (χ0n) is 15.4. The second-order valence-corrected chi connectivity index (χ2v) is 6.00. The first-order valence-corrected chi connectivity index (χ1v) is 9.02. The van der Waals surface area contributed by atoms with E-state index >= 15 is 0 Å². The Labute approximate surface area is 154 Å². The molecule has 1 atom stereocenters. The average Bonchev–Trinajstić information content (AvgIpc) is 2.66. The number of aromatic nitrogens is 1. The average molecular weight is 357 g/mol. The topological polar surface area (TPSA) is 86.5 Å². The van der Waals surface area contributed by atoms with Gasteiger partial charge in [0.15, 0.2) is 0 Å². The number of ether oxygens (including phenoxy) is 2. The van der Waals surface area contributed by atoms with Gasteiger partial charge in [-0.15, -0.1) is 0 Å². The second-order valence-electron chi connectivity index (χ2n) is 6.00. The molecule has 2 aromatic rings. The molecule has 3 N–H and O–H groups in total. The van der Waals surface area contributed by atoms with Crippen LogP contribution in [0.4, 0.5) is 0 Å². The fraction of sp³-hybridized carbons (Fsp3) is 0.400. The van der Waals surface area contributed by atoms with E-state index in [0.717, 1.165) is 24.2 Å². The molecule has 0 spiro atoms. The van der Waals surface area contributed by atoms with Gasteiger partial charge in [-0.2, -0.15) is 0 Å². The van der Waals surface area contributed by atoms with Gasteiger partial charge in [0.1, 0.15) is 11.5 Å². The molecule has 0 radical (unpaired) electrons. The standard InChI is InChI=1S/C20H27N3O3/c1-3-6-18(21)19(24)23-14-15-7-5-12-22-20(15)26-17-10-8-16(9-11-17)25-13-4-2/h5,7-12,18H,3-4,6,13-14,21H2,1-2H3,(H,23,24). The van der Waals surface area contributed by atoms with Crippen LogP contribution >= 0.6 is 0 Å². The summed E-state index contributed by atoms with van der Waals surface area (Å²) in [7, 11) is 0. The number of carbonyl (C=O) groups is 1. The Bertz CT molecular complexity index is 689. The Morgan fingerprint density at radius 2 is 1.88 bits per heavy atom. The number of nitrogens with zero attached hydrogens (tertiary/aromatic N) is 1. The van der Waals surface area contributed by atoms with Gasteiger partial charge in [-0.1, -0.05) is 26.3 Å². The van der Waals surface area contributed by atoms with Gasteiger partial charge in [0, 0.05) is 18.3 Å². The smallest absolute Gasteiger partial charge is 0.237 e. The summed E-state index contributed by atoms with van der Waals surface area (Å²) in [6, 6.07) is 10.6. The monoisotopic (exact) mass is 357 g/mol. The minimum Gasteiger partial charge on any atom is -0.494 e. The molecule has 140 valence electrons. The van der Waals surface area contributed by atoms with E-state index in [1.54, 1.807) is 6.20 Å². The van der Waals surface area contributed by atoms with Gasteiger partial charge >= 0.3 is 0 Å². The zero-order valence-corrected chi connectivity index (χ0v) is 15.4. The van der Waals surface area contributed by atoms with Crippen LogP contribution in [0.15, 0.2) is 42.6 Å². The van der Waals surface area contributed by atoms with Crippen molar-refractivity contribution >= 4 is 5.91 Å². The SMILES string of the molecule is CCCOc1ccc(Oc2ncccc2CNC(=O)C(N)CCC)cc1. The molecule has 1 aromatic heterocycles. The van der Waals surface area contributed by atoms with Gasteiger partial charge in [-0.25, -0.2) is 4.98 Å². The Kier molecular flexibility index (Phi) is 7.89. The molecule has 0 fully saturated rings.